The van der Waals surface area contributed by atoms with Crippen LogP contribution in [0.2, 0.25) is 5.02 Å². The Morgan fingerprint density at radius 3 is 3.08 bits per heavy atom. The van der Waals surface area contributed by atoms with Crippen molar-refractivity contribution in [3.63, 3.8) is 0 Å². The molecule has 3 N–H and O–H groups in total. The van der Waals surface area contributed by atoms with Crippen LogP contribution in [-0.2, 0) is 0 Å². The molecule has 3 nitrogen and oxygen atoms in total. The van der Waals surface area contributed by atoms with E-state index in [9.17, 15) is 0 Å². The second-order valence-electron chi connectivity index (χ2n) is 2.39. The van der Waals surface area contributed by atoms with Crippen molar-refractivity contribution in [2.45, 2.75) is 0 Å². The van der Waals surface area contributed by atoms with Gasteiger partial charge in [-0.25, -0.2) is 4.98 Å². The van der Waals surface area contributed by atoms with Crippen molar-refractivity contribution in [3.8, 4) is 0 Å². The number of aromatic amines is 1. The molecule has 5 heteroatoms. The van der Waals surface area contributed by atoms with Crippen LogP contribution in [0.3, 0.4) is 0 Å². The SMILES string of the molecule is Nc1c[nH]c2ncc(Br)c(Cl)c12. The maximum absolute atomic E-state index is 5.99. The smallest absolute Gasteiger partial charge is 0.140 e. The van der Waals surface area contributed by atoms with Crippen LogP contribution in [0.1, 0.15) is 0 Å². The standard InChI is InChI=1S/C7H5BrClN3/c8-3-1-11-7-5(6(3)9)4(10)2-12-7/h1-2H,10H2,(H,11,12). The minimum atomic E-state index is 0.596. The van der Waals surface area contributed by atoms with E-state index in [1.807, 2.05) is 0 Å². The number of fused-ring (bicyclic) bond motifs is 1. The van der Waals surface area contributed by atoms with E-state index in [0.29, 0.717) is 16.4 Å². The third-order valence-corrected chi connectivity index (χ3v) is 2.85. The minimum absolute atomic E-state index is 0.596. The Morgan fingerprint density at radius 1 is 1.58 bits per heavy atom. The molecule has 0 atom stereocenters. The van der Waals surface area contributed by atoms with Crippen molar-refractivity contribution < 1.29 is 0 Å². The second kappa shape index (κ2) is 2.64. The number of pyridine rings is 1. The Kier molecular flexibility index (Phi) is 1.73. The number of anilines is 1. The summed E-state index contributed by atoms with van der Waals surface area (Å²) in [6.45, 7) is 0. The van der Waals surface area contributed by atoms with Crippen molar-refractivity contribution >= 4 is 44.3 Å². The van der Waals surface area contributed by atoms with Gasteiger partial charge in [-0.15, -0.1) is 0 Å². The van der Waals surface area contributed by atoms with Gasteiger partial charge in [0.15, 0.2) is 0 Å². The predicted molar refractivity (Wildman–Crippen MR) is 53.2 cm³/mol. The summed E-state index contributed by atoms with van der Waals surface area (Å²) in [5.41, 5.74) is 6.99. The molecular formula is C7H5BrClN3. The fourth-order valence-corrected chi connectivity index (χ4v) is 1.61. The van der Waals surface area contributed by atoms with Crippen molar-refractivity contribution in [3.05, 3.63) is 21.9 Å². The summed E-state index contributed by atoms with van der Waals surface area (Å²) in [5.74, 6) is 0. The Labute approximate surface area is 82.1 Å². The lowest BCUT2D eigenvalue weighted by Crippen LogP contribution is -1.83. The maximum atomic E-state index is 5.99. The van der Waals surface area contributed by atoms with Gasteiger partial charge in [0.25, 0.3) is 0 Å². The molecule has 0 saturated carbocycles. The van der Waals surface area contributed by atoms with Crippen molar-refractivity contribution in [2.75, 3.05) is 5.73 Å². The first-order valence-electron chi connectivity index (χ1n) is 3.26. The van der Waals surface area contributed by atoms with Crippen LogP contribution in [0, 0.1) is 0 Å². The molecule has 0 aliphatic carbocycles. The molecule has 2 aromatic heterocycles. The number of halogens is 2. The monoisotopic (exact) mass is 245 g/mol. The Morgan fingerprint density at radius 2 is 2.33 bits per heavy atom. The highest BCUT2D eigenvalue weighted by Gasteiger charge is 2.08. The van der Waals surface area contributed by atoms with Crippen molar-refractivity contribution in [1.29, 1.82) is 0 Å². The summed E-state index contributed by atoms with van der Waals surface area (Å²) < 4.78 is 0.753. The van der Waals surface area contributed by atoms with Gasteiger partial charge in [-0.1, -0.05) is 11.6 Å². The minimum Gasteiger partial charge on any atom is -0.397 e. The van der Waals surface area contributed by atoms with Gasteiger partial charge in [-0.2, -0.15) is 0 Å². The second-order valence-corrected chi connectivity index (χ2v) is 3.62. The van der Waals surface area contributed by atoms with Gasteiger partial charge >= 0.3 is 0 Å². The number of nitrogens with one attached hydrogen (secondary N) is 1. The first kappa shape index (κ1) is 7.89. The lowest BCUT2D eigenvalue weighted by atomic mass is 10.3. The summed E-state index contributed by atoms with van der Waals surface area (Å²) in [6, 6.07) is 0. The zero-order chi connectivity index (χ0) is 8.72. The molecule has 0 unspecified atom stereocenters. The zero-order valence-corrected chi connectivity index (χ0v) is 8.28. The lowest BCUT2D eigenvalue weighted by Gasteiger charge is -1.96. The quantitative estimate of drug-likeness (QED) is 0.750. The molecule has 12 heavy (non-hydrogen) atoms. The van der Waals surface area contributed by atoms with Gasteiger partial charge in [-0.05, 0) is 15.9 Å². The van der Waals surface area contributed by atoms with Gasteiger partial charge in [0, 0.05) is 12.4 Å². The van der Waals surface area contributed by atoms with Crippen LogP contribution in [0.25, 0.3) is 11.0 Å². The Balaban J connectivity index is 2.96. The van der Waals surface area contributed by atoms with Crippen LogP contribution in [0.4, 0.5) is 5.69 Å². The first-order valence-corrected chi connectivity index (χ1v) is 4.44. The van der Waals surface area contributed by atoms with E-state index < -0.39 is 0 Å². The van der Waals surface area contributed by atoms with E-state index in [2.05, 4.69) is 25.9 Å². The lowest BCUT2D eigenvalue weighted by molar-refractivity contribution is 1.31. The van der Waals surface area contributed by atoms with Crippen LogP contribution in [-0.4, -0.2) is 9.97 Å². The predicted octanol–water partition coefficient (Wildman–Crippen LogP) is 2.56. The molecule has 0 spiro atoms. The van der Waals surface area contributed by atoms with Gasteiger partial charge in [0.05, 0.1) is 20.6 Å². The van der Waals surface area contributed by atoms with Crippen LogP contribution in [0.15, 0.2) is 16.9 Å². The van der Waals surface area contributed by atoms with E-state index in [-0.39, 0.29) is 0 Å². The fourth-order valence-electron chi connectivity index (χ4n) is 1.06. The van der Waals surface area contributed by atoms with Crippen molar-refractivity contribution in [1.82, 2.24) is 9.97 Å². The Hall–Kier alpha value is -0.740. The number of H-pyrrole nitrogens is 1. The van der Waals surface area contributed by atoms with E-state index >= 15 is 0 Å². The number of nitrogen functional groups attached to an aromatic ring is 1. The third-order valence-electron chi connectivity index (χ3n) is 1.63. The molecule has 2 rings (SSSR count). The number of hydrogen-bond acceptors (Lipinski definition) is 2. The summed E-state index contributed by atoms with van der Waals surface area (Å²) in [7, 11) is 0. The molecule has 0 amide bonds. The number of aromatic nitrogens is 2. The molecule has 0 bridgehead atoms. The molecule has 0 fully saturated rings. The fraction of sp³-hybridized carbons (Fsp3) is 0. The van der Waals surface area contributed by atoms with Crippen LogP contribution >= 0.6 is 27.5 Å². The van der Waals surface area contributed by atoms with E-state index in [0.717, 1.165) is 9.86 Å². The first-order chi connectivity index (χ1) is 5.70. The number of hydrogen-bond donors (Lipinski definition) is 2. The van der Waals surface area contributed by atoms with Crippen molar-refractivity contribution in [2.24, 2.45) is 0 Å². The molecule has 0 aliphatic heterocycles. The van der Waals surface area contributed by atoms with E-state index in [4.69, 9.17) is 17.3 Å². The van der Waals surface area contributed by atoms with Gasteiger partial charge < -0.3 is 10.7 Å². The normalized spacial score (nSPS) is 10.8. The molecule has 2 aromatic rings. The topological polar surface area (TPSA) is 54.7 Å². The number of nitrogens with zero attached hydrogens (tertiary/aromatic N) is 1. The summed E-state index contributed by atoms with van der Waals surface area (Å²) >= 11 is 9.26. The molecule has 0 saturated heterocycles. The molecule has 0 aromatic carbocycles. The van der Waals surface area contributed by atoms with E-state index in [1.165, 1.54) is 0 Å². The average molecular weight is 246 g/mol. The van der Waals surface area contributed by atoms with Crippen LogP contribution in [0.5, 0.6) is 0 Å². The average Bonchev–Trinajstić information content (AvgIpc) is 2.41. The summed E-state index contributed by atoms with van der Waals surface area (Å²) in [6.07, 6.45) is 3.32. The largest absolute Gasteiger partial charge is 0.397 e. The Bertz CT molecular complexity index is 437. The van der Waals surface area contributed by atoms with Gasteiger partial charge in [-0.3, -0.25) is 0 Å². The maximum Gasteiger partial charge on any atom is 0.140 e. The van der Waals surface area contributed by atoms with E-state index in [1.54, 1.807) is 12.4 Å². The highest BCUT2D eigenvalue weighted by Crippen LogP contribution is 2.32. The molecular weight excluding hydrogens is 241 g/mol. The molecule has 0 aliphatic rings. The van der Waals surface area contributed by atoms with Gasteiger partial charge in [0.1, 0.15) is 5.65 Å². The third kappa shape index (κ3) is 0.990. The number of nitrogens with two attached hydrogens (primary N) is 1. The molecule has 0 radical (unpaired) electrons. The van der Waals surface area contributed by atoms with Crippen LogP contribution < -0.4 is 5.73 Å². The molecule has 62 valence electrons. The van der Waals surface area contributed by atoms with Gasteiger partial charge in [0.2, 0.25) is 0 Å². The zero-order valence-electron chi connectivity index (χ0n) is 5.94. The summed E-state index contributed by atoms with van der Waals surface area (Å²) in [5, 5.41) is 1.37. The number of rotatable bonds is 0. The summed E-state index contributed by atoms with van der Waals surface area (Å²) in [4.78, 5) is 7.01. The highest BCUT2D eigenvalue weighted by atomic mass is 79.9. The highest BCUT2D eigenvalue weighted by molar-refractivity contribution is 9.10. The molecule has 2 heterocycles.